The van der Waals surface area contributed by atoms with Crippen LogP contribution in [0.25, 0.3) is 0 Å². The van der Waals surface area contributed by atoms with Gasteiger partial charge in [-0.15, -0.1) is 0 Å². The molecule has 0 radical (unpaired) electrons. The van der Waals surface area contributed by atoms with Crippen LogP contribution in [-0.2, 0) is 0 Å². The molecule has 2 N–H and O–H groups in total. The quantitative estimate of drug-likeness (QED) is 0.724. The van der Waals surface area contributed by atoms with Gasteiger partial charge in [-0.05, 0) is 57.3 Å². The lowest BCUT2D eigenvalue weighted by molar-refractivity contribution is 0.209. The third-order valence-corrected chi connectivity index (χ3v) is 5.45. The van der Waals surface area contributed by atoms with Crippen LogP contribution in [-0.4, -0.2) is 40.7 Å². The van der Waals surface area contributed by atoms with E-state index in [1.807, 2.05) is 19.9 Å². The van der Waals surface area contributed by atoms with Crippen LogP contribution in [0, 0.1) is 17.2 Å². The van der Waals surface area contributed by atoms with E-state index < -0.39 is 25.7 Å². The second kappa shape index (κ2) is 8.69. The molecule has 6 heteroatoms. The Labute approximate surface area is 150 Å². The molecule has 136 valence electrons. The smallest absolute Gasteiger partial charge is 0.426 e. The molecule has 2 atom stereocenters. The van der Waals surface area contributed by atoms with Crippen molar-refractivity contribution in [3.05, 3.63) is 34.6 Å². The Morgan fingerprint density at radius 2 is 2.00 bits per heavy atom. The summed E-state index contributed by atoms with van der Waals surface area (Å²) in [6.07, 6.45) is 8.63. The zero-order valence-electron chi connectivity index (χ0n) is 15.4. The van der Waals surface area contributed by atoms with Gasteiger partial charge in [-0.3, -0.25) is 0 Å². The molecular formula is C19H28BFN2O2. The molecule has 2 unspecified atom stereocenters. The Morgan fingerprint density at radius 1 is 1.36 bits per heavy atom. The topological polar surface area (TPSA) is 67.5 Å². The number of nitrogens with zero attached hydrogens (tertiary/aromatic N) is 2. The fourth-order valence-electron chi connectivity index (χ4n) is 3.78. The number of nitriles is 1. The van der Waals surface area contributed by atoms with Crippen molar-refractivity contribution in [2.75, 3.05) is 6.67 Å². The highest BCUT2D eigenvalue weighted by Gasteiger charge is 2.36. The maximum atomic E-state index is 13.5. The summed E-state index contributed by atoms with van der Waals surface area (Å²) in [6, 6.07) is 2.47. The zero-order valence-corrected chi connectivity index (χ0v) is 15.4. The average Bonchev–Trinajstić information content (AvgIpc) is 3.06. The first-order valence-corrected chi connectivity index (χ1v) is 9.11. The largest absolute Gasteiger partial charge is 0.475 e. The van der Waals surface area contributed by atoms with Gasteiger partial charge >= 0.3 is 7.12 Å². The van der Waals surface area contributed by atoms with Crippen LogP contribution in [0.4, 0.5) is 4.39 Å². The molecule has 0 aromatic heterocycles. The minimum atomic E-state index is -1.47. The molecule has 0 heterocycles. The molecule has 0 aliphatic heterocycles. The molecule has 4 nitrogen and oxygen atoms in total. The predicted molar refractivity (Wildman–Crippen MR) is 98.0 cm³/mol. The highest BCUT2D eigenvalue weighted by Crippen LogP contribution is 2.36. The summed E-state index contributed by atoms with van der Waals surface area (Å²) in [5.41, 5.74) is 3.19. The van der Waals surface area contributed by atoms with Crippen LogP contribution in [0.2, 0.25) is 0 Å². The van der Waals surface area contributed by atoms with Gasteiger partial charge in [-0.1, -0.05) is 24.5 Å². The molecule has 2 rings (SSSR count). The van der Waals surface area contributed by atoms with Crippen LogP contribution in [0.1, 0.15) is 52.9 Å². The third kappa shape index (κ3) is 4.34. The van der Waals surface area contributed by atoms with Gasteiger partial charge < -0.3 is 14.9 Å². The van der Waals surface area contributed by atoms with E-state index in [9.17, 15) is 19.7 Å². The zero-order chi connectivity index (χ0) is 18.6. The minimum Gasteiger partial charge on any atom is -0.426 e. The molecule has 0 aromatic carbocycles. The maximum absolute atomic E-state index is 13.5. The van der Waals surface area contributed by atoms with Crippen molar-refractivity contribution in [1.29, 1.82) is 5.26 Å². The lowest BCUT2D eigenvalue weighted by Crippen LogP contribution is -2.49. The van der Waals surface area contributed by atoms with E-state index >= 15 is 0 Å². The Morgan fingerprint density at radius 3 is 2.52 bits per heavy atom. The van der Waals surface area contributed by atoms with Crippen LogP contribution >= 0.6 is 0 Å². The van der Waals surface area contributed by atoms with Gasteiger partial charge in [0.1, 0.15) is 6.67 Å². The minimum absolute atomic E-state index is 0.213. The molecule has 0 bridgehead atoms. The van der Waals surface area contributed by atoms with E-state index in [2.05, 4.69) is 11.0 Å². The first-order valence-electron chi connectivity index (χ1n) is 9.11. The molecule has 2 aliphatic carbocycles. The van der Waals surface area contributed by atoms with Gasteiger partial charge in [0.15, 0.2) is 0 Å². The fraction of sp³-hybridized carbons (Fsp3) is 0.632. The molecule has 1 saturated carbocycles. The van der Waals surface area contributed by atoms with Gasteiger partial charge in [0, 0.05) is 11.7 Å². The first-order chi connectivity index (χ1) is 11.9. The molecule has 0 saturated heterocycles. The van der Waals surface area contributed by atoms with Crippen molar-refractivity contribution in [2.45, 2.75) is 64.9 Å². The molecule has 0 amide bonds. The monoisotopic (exact) mass is 346 g/mol. The molecule has 25 heavy (non-hydrogen) atoms. The van der Waals surface area contributed by atoms with Gasteiger partial charge in [0.05, 0.1) is 17.9 Å². The highest BCUT2D eigenvalue weighted by molar-refractivity contribution is 6.43. The summed E-state index contributed by atoms with van der Waals surface area (Å²) >= 11 is 0. The molecule has 1 fully saturated rings. The van der Waals surface area contributed by atoms with Gasteiger partial charge in [-0.25, -0.2) is 4.39 Å². The number of rotatable bonds is 6. The van der Waals surface area contributed by atoms with E-state index in [4.69, 9.17) is 0 Å². The van der Waals surface area contributed by atoms with Gasteiger partial charge in [-0.2, -0.15) is 5.26 Å². The highest BCUT2D eigenvalue weighted by atomic mass is 19.1. The van der Waals surface area contributed by atoms with E-state index in [0.29, 0.717) is 12.0 Å². The fourth-order valence-corrected chi connectivity index (χ4v) is 3.78. The maximum Gasteiger partial charge on any atom is 0.475 e. The van der Waals surface area contributed by atoms with Gasteiger partial charge in [0.2, 0.25) is 0 Å². The molecule has 0 spiro atoms. The van der Waals surface area contributed by atoms with Crippen LogP contribution in [0.15, 0.2) is 34.6 Å². The molecular weight excluding hydrogens is 318 g/mol. The lowest BCUT2D eigenvalue weighted by Gasteiger charge is -2.39. The summed E-state index contributed by atoms with van der Waals surface area (Å²) in [5.74, 6) is -0.887. The number of allylic oxidation sites excluding steroid dienone is 5. The average molecular weight is 346 g/mol. The third-order valence-electron chi connectivity index (χ3n) is 5.45. The predicted octanol–water partition coefficient (Wildman–Crippen LogP) is 3.29. The Bertz CT molecular complexity index is 613. The number of hydrogen-bond acceptors (Lipinski definition) is 4. The summed E-state index contributed by atoms with van der Waals surface area (Å²) < 4.78 is 13.5. The van der Waals surface area contributed by atoms with Crippen molar-refractivity contribution in [2.24, 2.45) is 5.92 Å². The summed E-state index contributed by atoms with van der Waals surface area (Å²) in [5, 5.41) is 29.1. The van der Waals surface area contributed by atoms with Gasteiger partial charge in [0.25, 0.3) is 0 Å². The number of hydrogen-bond donors (Lipinski definition) is 2. The van der Waals surface area contributed by atoms with Crippen LogP contribution in [0.5, 0.6) is 0 Å². The van der Waals surface area contributed by atoms with Crippen molar-refractivity contribution in [3.8, 4) is 6.07 Å². The Kier molecular flexibility index (Phi) is 6.86. The van der Waals surface area contributed by atoms with Crippen LogP contribution in [0.3, 0.4) is 0 Å². The summed E-state index contributed by atoms with van der Waals surface area (Å²) in [4.78, 5) is 2.06. The van der Waals surface area contributed by atoms with E-state index in [0.717, 1.165) is 42.5 Å². The summed E-state index contributed by atoms with van der Waals surface area (Å²) in [7, 11) is -1.47. The van der Waals surface area contributed by atoms with E-state index in [1.54, 1.807) is 13.0 Å². The second-order valence-electron chi connectivity index (χ2n) is 7.18. The first kappa shape index (κ1) is 19.7. The Balaban J connectivity index is 2.51. The normalized spacial score (nSPS) is 21.2. The number of halogens is 1. The van der Waals surface area contributed by atoms with Crippen LogP contribution < -0.4 is 0 Å². The molecule has 0 aromatic rings. The second-order valence-corrected chi connectivity index (χ2v) is 7.18. The SMILES string of the molecule is CC1=C(CF)C=C(C(C)C#N)C(N(C2CCCC2)C(C)B(O)O)=CC1. The van der Waals surface area contributed by atoms with Crippen molar-refractivity contribution in [1.82, 2.24) is 4.90 Å². The van der Waals surface area contributed by atoms with Crippen molar-refractivity contribution >= 4 is 7.12 Å². The van der Waals surface area contributed by atoms with Crippen molar-refractivity contribution in [3.63, 3.8) is 0 Å². The molecule has 2 aliphatic rings. The standard InChI is InChI=1S/C19H28BFN2O2/c1-13-8-9-19(18(14(2)12-22)10-16(13)11-21)23(15(3)20(24)25)17-6-4-5-7-17/h9-10,14-15,17,24-25H,4-8,11H2,1-3H3. The van der Waals surface area contributed by atoms with E-state index in [-0.39, 0.29) is 6.04 Å². The van der Waals surface area contributed by atoms with E-state index in [1.165, 1.54) is 0 Å². The lowest BCUT2D eigenvalue weighted by atomic mass is 9.77. The number of alkyl halides is 1. The van der Waals surface area contributed by atoms with Crippen molar-refractivity contribution < 1.29 is 14.4 Å². The summed E-state index contributed by atoms with van der Waals surface area (Å²) in [6.45, 7) is 4.95. The Hall–Kier alpha value is -1.58.